The number of thiazole rings is 1. The van der Waals surface area contributed by atoms with Crippen LogP contribution in [0.2, 0.25) is 0 Å². The Labute approximate surface area is 209 Å². The molecular formula is C24H31ClFN3O2S2. The predicted octanol–water partition coefficient (Wildman–Crippen LogP) is 6.11. The standard InChI is InChI=1S/C24H30FN3O2S2.ClH/c1-4-27(5-2)14-15-28(24-26-21-13-8-18(25)17-22(21)32-24)23(29)7-6-16-31-20-11-9-19(30-3)10-12-20;/h8-13,17H,4-7,14-16H2,1-3H3;1H. The fourth-order valence-corrected chi connectivity index (χ4v) is 5.22. The van der Waals surface area contributed by atoms with E-state index in [1.54, 1.807) is 29.8 Å². The van der Waals surface area contributed by atoms with Crippen LogP contribution in [0.15, 0.2) is 47.4 Å². The van der Waals surface area contributed by atoms with Gasteiger partial charge in [-0.2, -0.15) is 0 Å². The summed E-state index contributed by atoms with van der Waals surface area (Å²) in [5, 5.41) is 0.644. The first-order chi connectivity index (χ1) is 15.5. The molecule has 2 aromatic carbocycles. The highest BCUT2D eigenvalue weighted by Gasteiger charge is 2.20. The Balaban J connectivity index is 0.00000385. The lowest BCUT2D eigenvalue weighted by Gasteiger charge is -2.24. The molecule has 5 nitrogen and oxygen atoms in total. The van der Waals surface area contributed by atoms with Gasteiger partial charge in [-0.1, -0.05) is 25.2 Å². The van der Waals surface area contributed by atoms with E-state index in [0.717, 1.165) is 52.7 Å². The first kappa shape index (κ1) is 27.4. The molecule has 0 spiro atoms. The highest BCUT2D eigenvalue weighted by atomic mass is 35.5. The third-order valence-electron chi connectivity index (χ3n) is 5.27. The van der Waals surface area contributed by atoms with E-state index in [-0.39, 0.29) is 24.1 Å². The van der Waals surface area contributed by atoms with E-state index >= 15 is 0 Å². The molecule has 0 aliphatic carbocycles. The summed E-state index contributed by atoms with van der Waals surface area (Å²) in [4.78, 5) is 23.0. The topological polar surface area (TPSA) is 45.7 Å². The summed E-state index contributed by atoms with van der Waals surface area (Å²) in [7, 11) is 1.65. The van der Waals surface area contributed by atoms with E-state index in [1.807, 2.05) is 24.3 Å². The molecule has 0 atom stereocenters. The molecule has 1 amide bonds. The number of thioether (sulfide) groups is 1. The number of anilines is 1. The van der Waals surface area contributed by atoms with Gasteiger partial charge in [-0.3, -0.25) is 9.69 Å². The number of ether oxygens (including phenoxy) is 1. The number of amides is 1. The monoisotopic (exact) mass is 511 g/mol. The van der Waals surface area contributed by atoms with Gasteiger partial charge in [0.15, 0.2) is 5.13 Å². The summed E-state index contributed by atoms with van der Waals surface area (Å²) in [6, 6.07) is 12.5. The fourth-order valence-electron chi connectivity index (χ4n) is 3.33. The number of rotatable bonds is 12. The van der Waals surface area contributed by atoms with E-state index < -0.39 is 0 Å². The van der Waals surface area contributed by atoms with Crippen molar-refractivity contribution < 1.29 is 13.9 Å². The number of aromatic nitrogens is 1. The molecule has 1 heterocycles. The molecule has 0 N–H and O–H groups in total. The molecule has 3 aromatic rings. The Bertz CT molecular complexity index is 1010. The van der Waals surface area contributed by atoms with Crippen LogP contribution < -0.4 is 9.64 Å². The van der Waals surface area contributed by atoms with Gasteiger partial charge in [0.25, 0.3) is 0 Å². The number of fused-ring (bicyclic) bond motifs is 1. The lowest BCUT2D eigenvalue weighted by molar-refractivity contribution is -0.118. The molecule has 0 saturated carbocycles. The van der Waals surface area contributed by atoms with E-state index in [9.17, 15) is 9.18 Å². The van der Waals surface area contributed by atoms with Gasteiger partial charge in [-0.05, 0) is 67.7 Å². The van der Waals surface area contributed by atoms with Crippen molar-refractivity contribution in [1.29, 1.82) is 0 Å². The second kappa shape index (κ2) is 13.7. The zero-order chi connectivity index (χ0) is 22.9. The highest BCUT2D eigenvalue weighted by Crippen LogP contribution is 2.30. The summed E-state index contributed by atoms with van der Waals surface area (Å²) >= 11 is 3.10. The molecule has 0 fully saturated rings. The van der Waals surface area contributed by atoms with E-state index in [1.165, 1.54) is 23.5 Å². The molecule has 3 rings (SSSR count). The van der Waals surface area contributed by atoms with E-state index in [0.29, 0.717) is 18.1 Å². The first-order valence-corrected chi connectivity index (χ1v) is 12.7. The lowest BCUT2D eigenvalue weighted by Crippen LogP contribution is -2.38. The van der Waals surface area contributed by atoms with Crippen LogP contribution in [-0.2, 0) is 4.79 Å². The Morgan fingerprint density at radius 1 is 1.12 bits per heavy atom. The summed E-state index contributed by atoms with van der Waals surface area (Å²) in [6.45, 7) is 7.46. The minimum atomic E-state index is -0.288. The second-order valence-corrected chi connectivity index (χ2v) is 9.49. The van der Waals surface area contributed by atoms with Crippen LogP contribution in [0.3, 0.4) is 0 Å². The SMILES string of the molecule is CCN(CC)CCN(C(=O)CCCSc1ccc(OC)cc1)c1nc2ccc(F)cc2s1.Cl. The Morgan fingerprint density at radius 3 is 2.52 bits per heavy atom. The zero-order valence-electron chi connectivity index (χ0n) is 19.3. The van der Waals surface area contributed by atoms with Crippen LogP contribution >= 0.6 is 35.5 Å². The quantitative estimate of drug-likeness (QED) is 0.217. The van der Waals surface area contributed by atoms with E-state index in [4.69, 9.17) is 4.74 Å². The molecule has 180 valence electrons. The van der Waals surface area contributed by atoms with Crippen LogP contribution in [0.5, 0.6) is 5.75 Å². The van der Waals surface area contributed by atoms with Gasteiger partial charge in [0.05, 0.1) is 17.3 Å². The first-order valence-electron chi connectivity index (χ1n) is 10.9. The largest absolute Gasteiger partial charge is 0.497 e. The Kier molecular flexibility index (Phi) is 11.4. The van der Waals surface area contributed by atoms with Crippen LogP contribution in [0.1, 0.15) is 26.7 Å². The van der Waals surface area contributed by atoms with Crippen LogP contribution in [-0.4, -0.2) is 54.8 Å². The minimum Gasteiger partial charge on any atom is -0.497 e. The maximum Gasteiger partial charge on any atom is 0.228 e. The average molecular weight is 512 g/mol. The van der Waals surface area contributed by atoms with Crippen molar-refractivity contribution in [2.75, 3.05) is 43.9 Å². The normalized spacial score (nSPS) is 10.9. The predicted molar refractivity (Wildman–Crippen MR) is 140 cm³/mol. The van der Waals surface area contributed by atoms with Crippen molar-refractivity contribution >= 4 is 56.8 Å². The number of nitrogens with zero attached hydrogens (tertiary/aromatic N) is 3. The lowest BCUT2D eigenvalue weighted by atomic mass is 10.3. The molecule has 1 aromatic heterocycles. The molecule has 0 aliphatic heterocycles. The number of halogens is 2. The zero-order valence-corrected chi connectivity index (χ0v) is 21.7. The molecule has 33 heavy (non-hydrogen) atoms. The summed E-state index contributed by atoms with van der Waals surface area (Å²) in [5.41, 5.74) is 0.724. The van der Waals surface area contributed by atoms with Gasteiger partial charge in [0.2, 0.25) is 5.91 Å². The third kappa shape index (κ3) is 7.84. The molecule has 0 bridgehead atoms. The maximum atomic E-state index is 13.6. The maximum absolute atomic E-state index is 13.6. The molecule has 0 aliphatic rings. The van der Waals surface area contributed by atoms with Crippen LogP contribution in [0, 0.1) is 5.82 Å². The molecule has 0 radical (unpaired) electrons. The van der Waals surface area contributed by atoms with E-state index in [2.05, 4.69) is 23.7 Å². The summed E-state index contributed by atoms with van der Waals surface area (Å²) in [6.07, 6.45) is 1.22. The van der Waals surface area contributed by atoms with Gasteiger partial charge >= 0.3 is 0 Å². The van der Waals surface area contributed by atoms with Crippen molar-refractivity contribution in [2.24, 2.45) is 0 Å². The number of hydrogen-bond donors (Lipinski definition) is 0. The summed E-state index contributed by atoms with van der Waals surface area (Å²) < 4.78 is 19.6. The number of hydrogen-bond acceptors (Lipinski definition) is 6. The van der Waals surface area contributed by atoms with Gasteiger partial charge in [0.1, 0.15) is 11.6 Å². The van der Waals surface area contributed by atoms with Crippen LogP contribution in [0.4, 0.5) is 9.52 Å². The van der Waals surface area contributed by atoms with Crippen molar-refractivity contribution in [3.8, 4) is 5.75 Å². The van der Waals surface area contributed by atoms with Crippen molar-refractivity contribution in [3.05, 3.63) is 48.3 Å². The highest BCUT2D eigenvalue weighted by molar-refractivity contribution is 7.99. The number of likely N-dealkylation sites (N-methyl/N-ethyl adjacent to an activating group) is 1. The van der Waals surface area contributed by atoms with Crippen molar-refractivity contribution in [3.63, 3.8) is 0 Å². The van der Waals surface area contributed by atoms with Crippen molar-refractivity contribution in [1.82, 2.24) is 9.88 Å². The average Bonchev–Trinajstić information content (AvgIpc) is 3.22. The number of carbonyl (C=O) groups is 1. The number of methoxy groups -OCH3 is 1. The van der Waals surface area contributed by atoms with Crippen LogP contribution in [0.25, 0.3) is 10.2 Å². The van der Waals surface area contributed by atoms with Gasteiger partial charge in [0, 0.05) is 24.4 Å². The van der Waals surface area contributed by atoms with Gasteiger partial charge < -0.3 is 9.64 Å². The molecule has 0 unspecified atom stereocenters. The Hall–Kier alpha value is -1.87. The summed E-state index contributed by atoms with van der Waals surface area (Å²) in [5.74, 6) is 1.47. The third-order valence-corrected chi connectivity index (χ3v) is 7.41. The number of benzene rings is 2. The second-order valence-electron chi connectivity index (χ2n) is 7.31. The van der Waals surface area contributed by atoms with Gasteiger partial charge in [-0.25, -0.2) is 9.37 Å². The Morgan fingerprint density at radius 2 is 1.85 bits per heavy atom. The number of carbonyl (C=O) groups excluding carboxylic acids is 1. The molecule has 0 saturated heterocycles. The van der Waals surface area contributed by atoms with Gasteiger partial charge in [-0.15, -0.1) is 24.2 Å². The van der Waals surface area contributed by atoms with Crippen molar-refractivity contribution in [2.45, 2.75) is 31.6 Å². The smallest absolute Gasteiger partial charge is 0.228 e. The molecule has 9 heteroatoms. The minimum absolute atomic E-state index is 0. The molecular weight excluding hydrogens is 481 g/mol. The fraction of sp³-hybridized carbons (Fsp3) is 0.417.